The number of esters is 2. The fourth-order valence-electron chi connectivity index (χ4n) is 9.50. The second kappa shape index (κ2) is 20.5. The molecule has 388 valence electrons. The van der Waals surface area contributed by atoms with Gasteiger partial charge in [-0.15, -0.1) is 0 Å². The second-order valence-electron chi connectivity index (χ2n) is 18.5. The largest absolute Gasteiger partial charge is 0.464 e. The summed E-state index contributed by atoms with van der Waals surface area (Å²) in [6.45, 7) is 6.07. The van der Waals surface area contributed by atoms with Crippen molar-refractivity contribution in [1.82, 2.24) is 48.2 Å². The average Bonchev–Trinajstić information content (AvgIpc) is 3.48. The van der Waals surface area contributed by atoms with Crippen LogP contribution in [0.5, 0.6) is 0 Å². The maximum absolute atomic E-state index is 13.4. The molecule has 20 nitrogen and oxygen atoms in total. The van der Waals surface area contributed by atoms with E-state index in [0.29, 0.717) is 104 Å². The fourth-order valence-corrected chi connectivity index (χ4v) is 9.69. The van der Waals surface area contributed by atoms with Crippen LogP contribution in [-0.2, 0) is 42.4 Å². The van der Waals surface area contributed by atoms with Gasteiger partial charge in [-0.25, -0.2) is 29.5 Å². The van der Waals surface area contributed by atoms with Gasteiger partial charge in [0, 0.05) is 139 Å². The van der Waals surface area contributed by atoms with Gasteiger partial charge in [-0.3, -0.25) is 29.1 Å². The van der Waals surface area contributed by atoms with Crippen LogP contribution in [0.3, 0.4) is 0 Å². The Morgan fingerprint density at radius 1 is 0.545 bits per heavy atom. The highest BCUT2D eigenvalue weighted by molar-refractivity contribution is 6.30. The van der Waals surface area contributed by atoms with Gasteiger partial charge in [0.05, 0.1) is 72.0 Å². The number of nitrogens with zero attached hydrogens (tertiary/aromatic N) is 11. The zero-order valence-electron chi connectivity index (χ0n) is 43.0. The van der Waals surface area contributed by atoms with E-state index < -0.39 is 11.9 Å². The molecule has 1 aliphatic heterocycles. The van der Waals surface area contributed by atoms with Crippen LogP contribution < -0.4 is 27.1 Å². The van der Waals surface area contributed by atoms with Crippen molar-refractivity contribution in [2.75, 3.05) is 45.4 Å². The second-order valence-corrected chi connectivity index (χ2v) is 18.9. The van der Waals surface area contributed by atoms with Crippen LogP contribution in [0, 0.1) is 13.8 Å². The number of hydrogen-bond donors (Lipinski definition) is 0. The smallest absolute Gasteiger partial charge is 0.356 e. The van der Waals surface area contributed by atoms with Gasteiger partial charge in [0.15, 0.2) is 0 Å². The number of halogens is 1. The minimum Gasteiger partial charge on any atom is -0.464 e. The van der Waals surface area contributed by atoms with Crippen molar-refractivity contribution in [2.45, 2.75) is 13.8 Å². The number of ether oxygens (including phenoxy) is 3. The van der Waals surface area contributed by atoms with E-state index in [1.54, 1.807) is 114 Å². The Balaban J connectivity index is 0.000000176. The molecule has 10 aromatic rings. The molecular weight excluding hydrogens is 1010 g/mol. The highest BCUT2D eigenvalue weighted by Gasteiger charge is 2.23. The van der Waals surface area contributed by atoms with Crippen molar-refractivity contribution in [3.05, 3.63) is 167 Å². The van der Waals surface area contributed by atoms with Crippen molar-refractivity contribution in [3.8, 4) is 45.0 Å². The summed E-state index contributed by atoms with van der Waals surface area (Å²) >= 11 is 6.36. The van der Waals surface area contributed by atoms with Gasteiger partial charge >= 0.3 is 11.9 Å². The molecule has 0 unspecified atom stereocenters. The monoisotopic (exact) mass is 1050 g/mol. The molecule has 0 radical (unpaired) electrons. The summed E-state index contributed by atoms with van der Waals surface area (Å²) in [5.74, 6) is -0.341. The summed E-state index contributed by atoms with van der Waals surface area (Å²) in [5, 5.41) is 3.85. The van der Waals surface area contributed by atoms with Gasteiger partial charge in [0.2, 0.25) is 0 Å². The SMILES string of the molecule is COC(=O)c1ccc(-c2cc3c(=O)n(C)cc(-c4nc(Cl)cc5c4cc(C)c(=O)n5C)c3cn2)cn1.COC(=O)c1ccc(-c2cc3c(=O)n(C)cc(-c4nc(N5CCOCC5)cc5c4cc(C)c(=O)n5C)c3cn2)cn1. The lowest BCUT2D eigenvalue weighted by Crippen LogP contribution is -2.37. The van der Waals surface area contributed by atoms with E-state index in [0.717, 1.165) is 27.7 Å². The molecule has 0 aliphatic carbocycles. The molecule has 0 spiro atoms. The first-order valence-electron chi connectivity index (χ1n) is 24.1. The summed E-state index contributed by atoms with van der Waals surface area (Å²) < 4.78 is 21.1. The lowest BCUT2D eigenvalue weighted by atomic mass is 10.0. The molecule has 0 N–H and O–H groups in total. The van der Waals surface area contributed by atoms with E-state index >= 15 is 0 Å². The zero-order valence-corrected chi connectivity index (χ0v) is 43.8. The van der Waals surface area contributed by atoms with Gasteiger partial charge in [-0.2, -0.15) is 0 Å². The third kappa shape index (κ3) is 9.37. The number of aryl methyl sites for hydroxylation is 6. The molecule has 10 aromatic heterocycles. The maximum atomic E-state index is 13.4. The van der Waals surface area contributed by atoms with Crippen molar-refractivity contribution in [3.63, 3.8) is 0 Å². The number of anilines is 1. The molecule has 77 heavy (non-hydrogen) atoms. The molecule has 0 saturated carbocycles. The number of carbonyl (C=O) groups excluding carboxylic acids is 2. The molecular formula is C56H48ClN11O9. The third-order valence-electron chi connectivity index (χ3n) is 13.6. The van der Waals surface area contributed by atoms with E-state index in [1.807, 2.05) is 12.1 Å². The standard InChI is InChI=1S/C30H28N6O5.C26H20ClN5O4/c1-17-11-20-25(35(3)28(17)37)13-26(36-7-9-41-10-8-36)33-27(20)22-16-34(2)29(38)19-12-24(32-15-21(19)22)18-5-6-23(31-14-18)30(39)40-4;1-13-7-16-21(32(3)24(13)33)9-22(27)30-23(16)18-12-31(2)25(34)15-8-20(29-11-17(15)18)14-5-6-19(28-10-14)26(35)36-4/h5-6,11-16H,7-10H2,1-4H3;5-12H,1-4H3. The Kier molecular flexibility index (Phi) is 13.6. The summed E-state index contributed by atoms with van der Waals surface area (Å²) in [6.07, 6.45) is 9.77. The van der Waals surface area contributed by atoms with Crippen LogP contribution in [0.2, 0.25) is 5.15 Å². The van der Waals surface area contributed by atoms with E-state index in [2.05, 4.69) is 34.6 Å². The lowest BCUT2D eigenvalue weighted by Gasteiger charge is -2.29. The minimum atomic E-state index is -0.541. The number of hydrogen-bond acceptors (Lipinski definition) is 16. The molecule has 0 atom stereocenters. The first-order valence-corrected chi connectivity index (χ1v) is 24.4. The van der Waals surface area contributed by atoms with E-state index in [9.17, 15) is 28.8 Å². The van der Waals surface area contributed by atoms with Crippen LogP contribution >= 0.6 is 11.6 Å². The number of rotatable bonds is 7. The molecule has 1 fully saturated rings. The molecule has 0 amide bonds. The van der Waals surface area contributed by atoms with Gasteiger partial charge < -0.3 is 37.4 Å². The molecule has 11 heterocycles. The van der Waals surface area contributed by atoms with Gasteiger partial charge in [0.1, 0.15) is 22.4 Å². The van der Waals surface area contributed by atoms with Crippen molar-refractivity contribution in [2.24, 2.45) is 28.2 Å². The minimum absolute atomic E-state index is 0.0777. The summed E-state index contributed by atoms with van der Waals surface area (Å²) in [4.78, 5) is 105. The Morgan fingerprint density at radius 3 is 1.44 bits per heavy atom. The molecule has 21 heteroatoms. The van der Waals surface area contributed by atoms with Crippen LogP contribution in [0.15, 0.2) is 117 Å². The van der Waals surface area contributed by atoms with E-state index in [-0.39, 0.29) is 38.8 Å². The topological polar surface area (TPSA) is 230 Å². The number of aromatic nitrogens is 10. The Morgan fingerprint density at radius 2 is 1.00 bits per heavy atom. The Bertz CT molecular complexity index is 4340. The van der Waals surface area contributed by atoms with Gasteiger partial charge in [-0.1, -0.05) is 11.6 Å². The average molecular weight is 1050 g/mol. The molecule has 0 bridgehead atoms. The van der Waals surface area contributed by atoms with Crippen molar-refractivity contribution >= 4 is 72.7 Å². The first kappa shape index (κ1) is 51.2. The number of carbonyl (C=O) groups is 2. The molecule has 1 saturated heterocycles. The predicted octanol–water partition coefficient (Wildman–Crippen LogP) is 6.50. The van der Waals surface area contributed by atoms with Crippen molar-refractivity contribution < 1.29 is 23.8 Å². The van der Waals surface area contributed by atoms with Gasteiger partial charge in [-0.05, 0) is 68.4 Å². The van der Waals surface area contributed by atoms with Crippen LogP contribution in [0.4, 0.5) is 5.82 Å². The maximum Gasteiger partial charge on any atom is 0.356 e. The van der Waals surface area contributed by atoms with Crippen LogP contribution in [0.1, 0.15) is 32.1 Å². The number of morpholine rings is 1. The van der Waals surface area contributed by atoms with E-state index in [4.69, 9.17) is 26.1 Å². The van der Waals surface area contributed by atoms with Gasteiger partial charge in [0.25, 0.3) is 22.2 Å². The number of pyridine rings is 10. The predicted molar refractivity (Wildman–Crippen MR) is 293 cm³/mol. The molecule has 11 rings (SSSR count). The van der Waals surface area contributed by atoms with E-state index in [1.165, 1.54) is 46.4 Å². The highest BCUT2D eigenvalue weighted by atomic mass is 35.5. The quantitative estimate of drug-likeness (QED) is 0.123. The molecule has 0 aromatic carbocycles. The fraction of sp³-hybridized carbons (Fsp3) is 0.214. The summed E-state index contributed by atoms with van der Waals surface area (Å²) in [5.41, 5.74) is 7.17. The summed E-state index contributed by atoms with van der Waals surface area (Å²) in [7, 11) is 9.39. The van der Waals surface area contributed by atoms with Crippen molar-refractivity contribution in [1.29, 1.82) is 0 Å². The van der Waals surface area contributed by atoms with Crippen LogP contribution in [-0.4, -0.2) is 101 Å². The molecule has 1 aliphatic rings. The summed E-state index contributed by atoms with van der Waals surface area (Å²) in [6, 6.07) is 17.1. The Hall–Kier alpha value is -9.27. The lowest BCUT2D eigenvalue weighted by molar-refractivity contribution is 0.0585. The Labute approximate surface area is 442 Å². The number of fused-ring (bicyclic) bond motifs is 4. The van der Waals surface area contributed by atoms with Crippen LogP contribution in [0.25, 0.3) is 88.4 Å². The first-order chi connectivity index (χ1) is 37.0. The highest BCUT2D eigenvalue weighted by Crippen LogP contribution is 2.36. The normalized spacial score (nSPS) is 12.5. The zero-order chi connectivity index (χ0) is 54.6. The third-order valence-corrected chi connectivity index (χ3v) is 13.8. The number of methoxy groups -OCH3 is 2.